The molecule has 82 valence electrons. The van der Waals surface area contributed by atoms with Gasteiger partial charge in [-0.05, 0) is 17.0 Å². The third-order valence-corrected chi connectivity index (χ3v) is 8.82. The van der Waals surface area contributed by atoms with Crippen LogP contribution in [0.2, 0.25) is 0 Å². The van der Waals surface area contributed by atoms with Crippen LogP contribution in [-0.4, -0.2) is 12.2 Å². The molecular formula is C8H9Br4ClO. The van der Waals surface area contributed by atoms with Gasteiger partial charge in [-0.3, -0.25) is 4.79 Å². The first-order chi connectivity index (χ1) is 6.13. The van der Waals surface area contributed by atoms with Gasteiger partial charge in [-0.25, -0.2) is 0 Å². The molecule has 6 heteroatoms. The lowest BCUT2D eigenvalue weighted by atomic mass is 10.1. The van der Waals surface area contributed by atoms with Crippen molar-refractivity contribution in [2.75, 3.05) is 0 Å². The van der Waals surface area contributed by atoms with Crippen molar-refractivity contribution in [3.05, 3.63) is 0 Å². The Balaban J connectivity index is 2.88. The number of rotatable bonds is 3. The number of hydrogen-bond donors (Lipinski definition) is 0. The zero-order chi connectivity index (χ0) is 11.3. The van der Waals surface area contributed by atoms with Gasteiger partial charge in [0.15, 0.2) is 0 Å². The quantitative estimate of drug-likeness (QED) is 0.429. The van der Waals surface area contributed by atoms with E-state index in [4.69, 9.17) is 11.6 Å². The molecule has 0 aliphatic heterocycles. The highest BCUT2D eigenvalue weighted by Crippen LogP contribution is 2.69. The normalized spacial score (nSPS) is 30.6. The van der Waals surface area contributed by atoms with Gasteiger partial charge in [-0.1, -0.05) is 77.6 Å². The Labute approximate surface area is 122 Å². The summed E-state index contributed by atoms with van der Waals surface area (Å²) in [6.07, 6.45) is 0. The van der Waals surface area contributed by atoms with Crippen LogP contribution in [0.4, 0.5) is 0 Å². The third-order valence-electron chi connectivity index (χ3n) is 2.78. The Morgan fingerprint density at radius 2 is 1.86 bits per heavy atom. The highest BCUT2D eigenvalue weighted by molar-refractivity contribution is 9.30. The molecule has 0 heterocycles. The summed E-state index contributed by atoms with van der Waals surface area (Å²) in [6, 6.07) is 0. The van der Waals surface area contributed by atoms with Gasteiger partial charge < -0.3 is 0 Å². The molecule has 14 heavy (non-hydrogen) atoms. The van der Waals surface area contributed by atoms with Crippen LogP contribution in [-0.2, 0) is 4.79 Å². The minimum atomic E-state index is -0.348. The molecule has 1 saturated carbocycles. The summed E-state index contributed by atoms with van der Waals surface area (Å²) < 4.78 is -0.314. The Bertz CT molecular complexity index is 264. The number of alkyl halides is 4. The lowest BCUT2D eigenvalue weighted by Gasteiger charge is -2.23. The van der Waals surface area contributed by atoms with Crippen LogP contribution in [0.15, 0.2) is 0 Å². The molecule has 0 aromatic heterocycles. The number of carbonyl (C=O) groups excluding carboxylic acids is 1. The zero-order valence-electron chi connectivity index (χ0n) is 7.53. The van der Waals surface area contributed by atoms with Gasteiger partial charge >= 0.3 is 0 Å². The van der Waals surface area contributed by atoms with Gasteiger partial charge in [-0.15, -0.1) is 0 Å². The van der Waals surface area contributed by atoms with Crippen LogP contribution in [0.25, 0.3) is 0 Å². The molecule has 2 atom stereocenters. The van der Waals surface area contributed by atoms with Crippen LogP contribution in [0, 0.1) is 17.3 Å². The lowest BCUT2D eigenvalue weighted by Crippen LogP contribution is -2.25. The van der Waals surface area contributed by atoms with Gasteiger partial charge in [0.05, 0.1) is 3.74 Å². The first-order valence-corrected chi connectivity index (χ1v) is 7.78. The van der Waals surface area contributed by atoms with E-state index in [0.717, 1.165) is 0 Å². The molecule has 0 N–H and O–H groups in total. The molecule has 0 spiro atoms. The van der Waals surface area contributed by atoms with Gasteiger partial charge in [0.25, 0.3) is 0 Å². The van der Waals surface area contributed by atoms with Crippen LogP contribution in [0.1, 0.15) is 13.8 Å². The fourth-order valence-corrected chi connectivity index (χ4v) is 4.60. The minimum absolute atomic E-state index is 0.0350. The summed E-state index contributed by atoms with van der Waals surface area (Å²) in [7, 11) is 0. The summed E-state index contributed by atoms with van der Waals surface area (Å²) in [5.74, 6) is 0.0734. The Morgan fingerprint density at radius 3 is 2.07 bits per heavy atom. The molecule has 1 aliphatic rings. The van der Waals surface area contributed by atoms with Crippen molar-refractivity contribution >= 4 is 80.6 Å². The van der Waals surface area contributed by atoms with E-state index >= 15 is 0 Å². The van der Waals surface area contributed by atoms with E-state index in [9.17, 15) is 4.79 Å². The molecule has 0 saturated heterocycles. The molecule has 1 nitrogen and oxygen atoms in total. The summed E-state index contributed by atoms with van der Waals surface area (Å²) in [6.45, 7) is 4.09. The molecule has 0 aromatic carbocycles. The van der Waals surface area contributed by atoms with Crippen LogP contribution in [0.3, 0.4) is 0 Å². The van der Waals surface area contributed by atoms with E-state index in [0.29, 0.717) is 0 Å². The minimum Gasteiger partial charge on any atom is -0.281 e. The third kappa shape index (κ3) is 2.27. The average Bonchev–Trinajstić information content (AvgIpc) is 2.53. The summed E-state index contributed by atoms with van der Waals surface area (Å²) in [5, 5.41) is -0.260. The van der Waals surface area contributed by atoms with Gasteiger partial charge in [0, 0.05) is 11.8 Å². The van der Waals surface area contributed by atoms with Crippen molar-refractivity contribution < 1.29 is 4.79 Å². The van der Waals surface area contributed by atoms with Crippen LogP contribution >= 0.6 is 75.3 Å². The Morgan fingerprint density at radius 1 is 1.43 bits per heavy atom. The number of carbonyl (C=O) groups is 1. The highest BCUT2D eigenvalue weighted by atomic mass is 79.9. The maximum Gasteiger partial charge on any atom is 0.225 e. The largest absolute Gasteiger partial charge is 0.281 e. The molecule has 0 aromatic rings. The van der Waals surface area contributed by atoms with Crippen molar-refractivity contribution in [1.82, 2.24) is 0 Å². The average molecular weight is 476 g/mol. The van der Waals surface area contributed by atoms with E-state index in [-0.39, 0.29) is 29.5 Å². The topological polar surface area (TPSA) is 17.1 Å². The highest BCUT2D eigenvalue weighted by Gasteiger charge is 2.69. The van der Waals surface area contributed by atoms with Crippen LogP contribution < -0.4 is 0 Å². The summed E-state index contributed by atoms with van der Waals surface area (Å²) >= 11 is 19.6. The standard InChI is InChI=1S/C8H9Br4ClO/c1-7(2)3(5(13)14)4(7)8(11,12)6(9)10/h3-4,6H,1-2H3. The van der Waals surface area contributed by atoms with E-state index in [2.05, 4.69) is 63.7 Å². The number of hydrogen-bond acceptors (Lipinski definition) is 1. The van der Waals surface area contributed by atoms with Gasteiger partial charge in [-0.2, -0.15) is 0 Å². The van der Waals surface area contributed by atoms with E-state index < -0.39 is 0 Å². The molecule has 2 unspecified atom stereocenters. The lowest BCUT2D eigenvalue weighted by molar-refractivity contribution is -0.113. The summed E-state index contributed by atoms with van der Waals surface area (Å²) in [5.41, 5.74) is -0.0639. The number of halogens is 5. The molecular weight excluding hydrogens is 467 g/mol. The molecule has 1 fully saturated rings. The van der Waals surface area contributed by atoms with Crippen LogP contribution in [0.5, 0.6) is 0 Å². The molecule has 0 bridgehead atoms. The molecule has 0 amide bonds. The van der Waals surface area contributed by atoms with Gasteiger partial charge in [0.2, 0.25) is 5.24 Å². The fourth-order valence-electron chi connectivity index (χ4n) is 1.92. The first kappa shape index (κ1) is 13.9. The van der Waals surface area contributed by atoms with E-state index in [1.165, 1.54) is 0 Å². The Hall–Kier alpha value is 1.88. The maximum atomic E-state index is 11.2. The Kier molecular flexibility index (Phi) is 4.26. The van der Waals surface area contributed by atoms with Gasteiger partial charge in [0.1, 0.15) is 3.23 Å². The molecule has 0 radical (unpaired) electrons. The predicted molar refractivity (Wildman–Crippen MR) is 73.8 cm³/mol. The second-order valence-electron chi connectivity index (χ2n) is 4.06. The smallest absolute Gasteiger partial charge is 0.225 e. The predicted octanol–water partition coefficient (Wildman–Crippen LogP) is 4.63. The monoisotopic (exact) mass is 472 g/mol. The van der Waals surface area contributed by atoms with E-state index in [1.807, 2.05) is 13.8 Å². The second-order valence-corrected chi connectivity index (χ2v) is 11.2. The van der Waals surface area contributed by atoms with Crippen molar-refractivity contribution in [3.8, 4) is 0 Å². The molecule has 1 rings (SSSR count). The fraction of sp³-hybridized carbons (Fsp3) is 0.875. The van der Waals surface area contributed by atoms with Crippen molar-refractivity contribution in [3.63, 3.8) is 0 Å². The second kappa shape index (κ2) is 4.28. The SMILES string of the molecule is CC1(C)C(C(=O)Cl)C1C(Br)(Br)C(Br)Br. The van der Waals surface area contributed by atoms with Crippen molar-refractivity contribution in [2.45, 2.75) is 20.8 Å². The first-order valence-electron chi connectivity index (χ1n) is 3.98. The van der Waals surface area contributed by atoms with Crippen molar-refractivity contribution in [1.29, 1.82) is 0 Å². The maximum absolute atomic E-state index is 11.2. The summed E-state index contributed by atoms with van der Waals surface area (Å²) in [4.78, 5) is 11.2. The van der Waals surface area contributed by atoms with E-state index in [1.54, 1.807) is 0 Å². The zero-order valence-corrected chi connectivity index (χ0v) is 14.6. The molecule has 1 aliphatic carbocycles. The van der Waals surface area contributed by atoms with Crippen molar-refractivity contribution in [2.24, 2.45) is 17.3 Å².